The molecule has 3 heteroatoms. The van der Waals surface area contributed by atoms with Gasteiger partial charge in [-0.3, -0.25) is 4.79 Å². The predicted molar refractivity (Wildman–Crippen MR) is 98.9 cm³/mol. The maximum Gasteiger partial charge on any atom is 0.223 e. The summed E-state index contributed by atoms with van der Waals surface area (Å²) in [6, 6.07) is 8.38. The Bertz CT molecular complexity index is 571. The minimum Gasteiger partial charge on any atom is -0.333 e. The fourth-order valence-corrected chi connectivity index (χ4v) is 4.70. The number of fused-ring (bicyclic) bond motifs is 2. The van der Waals surface area contributed by atoms with E-state index in [0.29, 0.717) is 13.0 Å². The van der Waals surface area contributed by atoms with Crippen molar-refractivity contribution in [3.8, 4) is 0 Å². The summed E-state index contributed by atoms with van der Waals surface area (Å²) >= 11 is 3.46. The van der Waals surface area contributed by atoms with E-state index in [1.807, 2.05) is 6.07 Å². The van der Waals surface area contributed by atoms with Gasteiger partial charge in [-0.05, 0) is 43.2 Å². The number of benzene rings is 1. The van der Waals surface area contributed by atoms with Crippen LogP contribution in [0, 0.1) is 0 Å². The number of carbonyl (C=O) groups excluding carboxylic acids is 1. The van der Waals surface area contributed by atoms with E-state index < -0.39 is 0 Å². The fourth-order valence-electron chi connectivity index (χ4n) is 4.31. The second-order valence-electron chi connectivity index (χ2n) is 6.89. The van der Waals surface area contributed by atoms with Gasteiger partial charge >= 0.3 is 0 Å². The minimum atomic E-state index is -0.305. The minimum absolute atomic E-state index is 0.140. The number of amides is 1. The van der Waals surface area contributed by atoms with Crippen LogP contribution in [0.25, 0.3) is 0 Å². The molecule has 0 aromatic heterocycles. The Morgan fingerprint density at radius 3 is 2.74 bits per heavy atom. The number of unbranched alkanes of at least 4 members (excludes halogenated alkanes) is 2. The van der Waals surface area contributed by atoms with Crippen molar-refractivity contribution in [3.05, 3.63) is 35.4 Å². The Balaban J connectivity index is 1.86. The summed E-state index contributed by atoms with van der Waals surface area (Å²) in [6.07, 6.45) is 9.26. The van der Waals surface area contributed by atoms with E-state index in [1.165, 1.54) is 24.8 Å². The van der Waals surface area contributed by atoms with Crippen LogP contribution in [0.1, 0.15) is 70.3 Å². The van der Waals surface area contributed by atoms with Crippen molar-refractivity contribution in [2.75, 3.05) is 11.9 Å². The molecule has 0 saturated heterocycles. The fraction of sp³-hybridized carbons (Fsp3) is 0.650. The molecular formula is C20H28BrNO. The molecule has 1 atom stereocenters. The molecule has 3 rings (SSSR count). The smallest absolute Gasteiger partial charge is 0.223 e. The highest BCUT2D eigenvalue weighted by molar-refractivity contribution is 9.09. The molecule has 0 N–H and O–H groups in total. The van der Waals surface area contributed by atoms with Crippen LogP contribution in [0.15, 0.2) is 24.3 Å². The quantitative estimate of drug-likeness (QED) is 0.510. The molecule has 126 valence electrons. The molecule has 1 fully saturated rings. The maximum absolute atomic E-state index is 13.0. The Kier molecular flexibility index (Phi) is 5.34. The molecule has 1 spiro atoms. The van der Waals surface area contributed by atoms with Gasteiger partial charge in [0.05, 0.1) is 5.54 Å². The van der Waals surface area contributed by atoms with Crippen LogP contribution in [0.2, 0.25) is 0 Å². The summed E-state index contributed by atoms with van der Waals surface area (Å²) in [5.41, 5.74) is 2.26. The highest BCUT2D eigenvalue weighted by atomic mass is 79.9. The molecule has 23 heavy (non-hydrogen) atoms. The topological polar surface area (TPSA) is 20.3 Å². The Hall–Kier alpha value is -0.830. The number of rotatable bonds is 5. The molecule has 1 aromatic carbocycles. The molecule has 1 aliphatic heterocycles. The first-order valence-electron chi connectivity index (χ1n) is 9.65. The number of halogens is 1. The van der Waals surface area contributed by atoms with E-state index in [0.717, 1.165) is 43.0 Å². The number of nitrogens with zero attached hydrogens (tertiary/aromatic N) is 1. The average molecular weight is 379 g/mol. The lowest BCUT2D eigenvalue weighted by Crippen LogP contribution is -2.54. The van der Waals surface area contributed by atoms with Gasteiger partial charge in [0.1, 0.15) is 0 Å². The van der Waals surface area contributed by atoms with Crippen LogP contribution in [-0.4, -0.2) is 22.7 Å². The van der Waals surface area contributed by atoms with Crippen LogP contribution < -0.4 is 0 Å². The zero-order valence-electron chi connectivity index (χ0n) is 14.9. The van der Waals surface area contributed by atoms with Gasteiger partial charge in [-0.15, -0.1) is 0 Å². The van der Waals surface area contributed by atoms with Crippen LogP contribution in [0.4, 0.5) is 0 Å². The maximum atomic E-state index is 13.0. The van der Waals surface area contributed by atoms with Crippen molar-refractivity contribution in [2.24, 2.45) is 0 Å². The largest absolute Gasteiger partial charge is 0.333 e. The van der Waals surface area contributed by atoms with Crippen molar-refractivity contribution < 1.29 is 6.17 Å². The summed E-state index contributed by atoms with van der Waals surface area (Å²) in [5.74, 6) is 0.262. The van der Waals surface area contributed by atoms with Gasteiger partial charge in [0.2, 0.25) is 5.91 Å². The normalized spacial score (nSPS) is 23.4. The Labute approximate surface area is 150 Å². The van der Waals surface area contributed by atoms with Crippen LogP contribution in [0.3, 0.4) is 0 Å². The van der Waals surface area contributed by atoms with Gasteiger partial charge < -0.3 is 4.90 Å². The van der Waals surface area contributed by atoms with Gasteiger partial charge in [0.15, 0.2) is 0 Å². The van der Waals surface area contributed by atoms with Crippen molar-refractivity contribution in [1.82, 2.24) is 4.90 Å². The average Bonchev–Trinajstić information content (AvgIpc) is 2.63. The number of hydrogen-bond acceptors (Lipinski definition) is 1. The lowest BCUT2D eigenvalue weighted by Gasteiger charge is -2.50. The van der Waals surface area contributed by atoms with Crippen molar-refractivity contribution in [3.63, 3.8) is 0 Å². The SMILES string of the molecule is [2H]C1CN(C(=O)CCCCCBr)C2(CCCCC2)c2ccccc21. The van der Waals surface area contributed by atoms with Gasteiger partial charge in [-0.2, -0.15) is 0 Å². The monoisotopic (exact) mass is 378 g/mol. The van der Waals surface area contributed by atoms with Gasteiger partial charge in [0.25, 0.3) is 0 Å². The number of carbonyl (C=O) groups is 1. The van der Waals surface area contributed by atoms with Crippen molar-refractivity contribution >= 4 is 21.8 Å². The third kappa shape index (κ3) is 3.50. The van der Waals surface area contributed by atoms with Gasteiger partial charge in [0, 0.05) is 19.7 Å². The molecule has 1 aromatic rings. The first-order valence-corrected chi connectivity index (χ1v) is 10.2. The molecule has 1 saturated carbocycles. The third-order valence-corrected chi connectivity index (χ3v) is 6.04. The Morgan fingerprint density at radius 2 is 1.96 bits per heavy atom. The standard InChI is InChI=1S/C20H28BrNO/c21-15-8-1-3-11-19(23)22-16-12-17-9-4-5-10-18(17)20(22)13-6-2-7-14-20/h4-5,9-10H,1-3,6-8,11-16H2/i12D. The number of hydrogen-bond donors (Lipinski definition) is 0. The van der Waals surface area contributed by atoms with Crippen LogP contribution in [0.5, 0.6) is 0 Å². The summed E-state index contributed by atoms with van der Waals surface area (Å²) < 4.78 is 8.52. The van der Waals surface area contributed by atoms with Crippen LogP contribution >= 0.6 is 15.9 Å². The summed E-state index contributed by atoms with van der Waals surface area (Å²) in [6.45, 7) is 0.564. The molecule has 2 nitrogen and oxygen atoms in total. The first-order chi connectivity index (χ1) is 11.7. The van der Waals surface area contributed by atoms with Gasteiger partial charge in [-0.1, -0.05) is 65.9 Å². The number of alkyl halides is 1. The summed E-state index contributed by atoms with van der Waals surface area (Å²) in [7, 11) is 0. The van der Waals surface area contributed by atoms with Crippen molar-refractivity contribution in [2.45, 2.75) is 69.7 Å². The molecule has 1 aliphatic carbocycles. The second kappa shape index (κ2) is 7.83. The van der Waals surface area contributed by atoms with Gasteiger partial charge in [-0.25, -0.2) is 0 Å². The molecule has 0 radical (unpaired) electrons. The summed E-state index contributed by atoms with van der Waals surface area (Å²) in [5, 5.41) is 1.01. The molecule has 1 unspecified atom stereocenters. The third-order valence-electron chi connectivity index (χ3n) is 5.48. The van der Waals surface area contributed by atoms with E-state index in [-0.39, 0.29) is 17.8 Å². The van der Waals surface area contributed by atoms with E-state index in [1.54, 1.807) is 0 Å². The Morgan fingerprint density at radius 1 is 1.17 bits per heavy atom. The van der Waals surface area contributed by atoms with E-state index in [4.69, 9.17) is 1.37 Å². The first kappa shape index (κ1) is 15.7. The lowest BCUT2D eigenvalue weighted by atomic mass is 9.71. The highest BCUT2D eigenvalue weighted by Crippen LogP contribution is 2.46. The zero-order valence-corrected chi connectivity index (χ0v) is 15.5. The van der Waals surface area contributed by atoms with E-state index in [2.05, 4.69) is 39.0 Å². The van der Waals surface area contributed by atoms with Crippen LogP contribution in [-0.2, 0) is 16.7 Å². The van der Waals surface area contributed by atoms with E-state index in [9.17, 15) is 4.79 Å². The second-order valence-corrected chi connectivity index (χ2v) is 7.68. The lowest BCUT2D eigenvalue weighted by molar-refractivity contribution is -0.141. The summed E-state index contributed by atoms with van der Waals surface area (Å²) in [4.78, 5) is 15.1. The predicted octanol–water partition coefficient (Wildman–Crippen LogP) is 5.19. The molecule has 2 aliphatic rings. The molecule has 0 bridgehead atoms. The van der Waals surface area contributed by atoms with Crippen molar-refractivity contribution in [1.29, 1.82) is 0 Å². The molecule has 1 heterocycles. The molecule has 1 amide bonds. The van der Waals surface area contributed by atoms with E-state index >= 15 is 0 Å². The molecular weight excluding hydrogens is 350 g/mol. The zero-order chi connectivity index (χ0) is 17.0. The highest BCUT2D eigenvalue weighted by Gasteiger charge is 2.44.